The third kappa shape index (κ3) is 5.36. The first-order chi connectivity index (χ1) is 7.53. The van der Waals surface area contributed by atoms with Crippen molar-refractivity contribution in [1.29, 1.82) is 0 Å². The van der Waals surface area contributed by atoms with E-state index in [2.05, 4.69) is 27.3 Å². The molecule has 0 heterocycles. The van der Waals surface area contributed by atoms with E-state index in [-0.39, 0.29) is 5.75 Å². The van der Waals surface area contributed by atoms with Crippen LogP contribution in [0, 0.1) is 3.57 Å². The predicted molar refractivity (Wildman–Crippen MR) is 76.5 cm³/mol. The fraction of sp³-hybridized carbons (Fsp3) is 0.400. The quantitative estimate of drug-likeness (QED) is 0.473. The number of hydrogen-bond acceptors (Lipinski definition) is 2. The Bertz CT molecular complexity index is 419. The summed E-state index contributed by atoms with van der Waals surface area (Å²) in [5, 5.41) is 0. The molecule has 0 aliphatic carbocycles. The number of alkyl halides is 1. The molecule has 0 aliphatic rings. The summed E-state index contributed by atoms with van der Waals surface area (Å²) in [6.07, 6.45) is 1.30. The van der Waals surface area contributed by atoms with Gasteiger partial charge in [-0.3, -0.25) is 4.72 Å². The lowest BCUT2D eigenvalue weighted by atomic mass is 10.3. The van der Waals surface area contributed by atoms with Gasteiger partial charge in [-0.1, -0.05) is 0 Å². The van der Waals surface area contributed by atoms with Crippen LogP contribution in [-0.2, 0) is 10.0 Å². The largest absolute Gasteiger partial charge is 0.284 e. The lowest BCUT2D eigenvalue weighted by Gasteiger charge is -2.07. The fourth-order valence-electron chi connectivity index (χ4n) is 1.14. The predicted octanol–water partition coefficient (Wildman–Crippen LogP) is 3.05. The van der Waals surface area contributed by atoms with Gasteiger partial charge in [-0.2, -0.15) is 0 Å². The van der Waals surface area contributed by atoms with Gasteiger partial charge in [-0.15, -0.1) is 11.6 Å². The van der Waals surface area contributed by atoms with Gasteiger partial charge in [0.2, 0.25) is 10.0 Å². The lowest BCUT2D eigenvalue weighted by Crippen LogP contribution is -2.16. The minimum Gasteiger partial charge on any atom is -0.284 e. The topological polar surface area (TPSA) is 46.2 Å². The Morgan fingerprint density at radius 1 is 1.19 bits per heavy atom. The summed E-state index contributed by atoms with van der Waals surface area (Å²) < 4.78 is 26.8. The Balaban J connectivity index is 2.55. The van der Waals surface area contributed by atoms with Crippen LogP contribution in [0.4, 0.5) is 5.69 Å². The molecule has 0 bridgehead atoms. The SMILES string of the molecule is O=S(=O)(CCCCCl)Nc1ccc(I)cc1. The molecule has 0 fully saturated rings. The van der Waals surface area contributed by atoms with Gasteiger partial charge in [0.15, 0.2) is 0 Å². The summed E-state index contributed by atoms with van der Waals surface area (Å²) in [6.45, 7) is 0. The van der Waals surface area contributed by atoms with E-state index in [9.17, 15) is 8.42 Å². The minimum atomic E-state index is -3.23. The van der Waals surface area contributed by atoms with E-state index < -0.39 is 10.0 Å². The minimum absolute atomic E-state index is 0.117. The number of benzene rings is 1. The number of sulfonamides is 1. The Kier molecular flexibility index (Phi) is 5.85. The highest BCUT2D eigenvalue weighted by atomic mass is 127. The number of nitrogens with one attached hydrogen (secondary N) is 1. The summed E-state index contributed by atoms with van der Waals surface area (Å²) in [5.41, 5.74) is 0.603. The molecule has 0 spiro atoms. The standard InChI is InChI=1S/C10H13ClINO2S/c11-7-1-2-8-16(14,15)13-10-5-3-9(12)4-6-10/h3-6,13H,1-2,7-8H2. The third-order valence-corrected chi connectivity index (χ3v) is 4.27. The van der Waals surface area contributed by atoms with E-state index in [1.807, 2.05) is 12.1 Å². The van der Waals surface area contributed by atoms with Crippen molar-refractivity contribution in [3.05, 3.63) is 27.8 Å². The van der Waals surface area contributed by atoms with Gasteiger partial charge in [-0.25, -0.2) is 8.42 Å². The molecule has 16 heavy (non-hydrogen) atoms. The highest BCUT2D eigenvalue weighted by Crippen LogP contribution is 2.13. The Hall–Kier alpha value is -0.0100. The maximum Gasteiger partial charge on any atom is 0.232 e. The summed E-state index contributed by atoms with van der Waals surface area (Å²) in [7, 11) is -3.23. The molecule has 0 atom stereocenters. The molecule has 0 unspecified atom stereocenters. The monoisotopic (exact) mass is 373 g/mol. The zero-order chi connectivity index (χ0) is 12.0. The van der Waals surface area contributed by atoms with Crippen LogP contribution >= 0.6 is 34.2 Å². The first-order valence-electron chi connectivity index (χ1n) is 4.85. The number of hydrogen-bond donors (Lipinski definition) is 1. The van der Waals surface area contributed by atoms with Gasteiger partial charge in [0.25, 0.3) is 0 Å². The summed E-state index contributed by atoms with van der Waals surface area (Å²) >= 11 is 7.66. The van der Waals surface area contributed by atoms with Crippen LogP contribution in [0.1, 0.15) is 12.8 Å². The lowest BCUT2D eigenvalue weighted by molar-refractivity contribution is 0.598. The number of unbranched alkanes of at least 4 members (excludes halogenated alkanes) is 1. The molecule has 1 rings (SSSR count). The molecule has 0 amide bonds. The number of rotatable bonds is 6. The number of anilines is 1. The van der Waals surface area contributed by atoms with E-state index in [4.69, 9.17) is 11.6 Å². The van der Waals surface area contributed by atoms with Crippen molar-refractivity contribution in [2.75, 3.05) is 16.4 Å². The molecule has 1 N–H and O–H groups in total. The van der Waals surface area contributed by atoms with Crippen LogP contribution in [-0.4, -0.2) is 20.1 Å². The molecule has 0 saturated heterocycles. The maximum atomic E-state index is 11.6. The second-order valence-electron chi connectivity index (χ2n) is 3.32. The molecule has 90 valence electrons. The molecule has 6 heteroatoms. The van der Waals surface area contributed by atoms with E-state index in [0.717, 1.165) is 9.99 Å². The van der Waals surface area contributed by atoms with Gasteiger partial charge < -0.3 is 0 Å². The van der Waals surface area contributed by atoms with Crippen molar-refractivity contribution in [2.24, 2.45) is 0 Å². The molecular formula is C10H13ClINO2S. The summed E-state index contributed by atoms with van der Waals surface area (Å²) in [6, 6.07) is 7.22. The van der Waals surface area contributed by atoms with Crippen LogP contribution < -0.4 is 4.72 Å². The molecule has 0 aliphatic heterocycles. The van der Waals surface area contributed by atoms with Crippen LogP contribution in [0.3, 0.4) is 0 Å². The van der Waals surface area contributed by atoms with Crippen LogP contribution in [0.2, 0.25) is 0 Å². The first kappa shape index (κ1) is 14.1. The Morgan fingerprint density at radius 2 is 1.81 bits per heavy atom. The van der Waals surface area contributed by atoms with Gasteiger partial charge in [0, 0.05) is 15.1 Å². The van der Waals surface area contributed by atoms with E-state index >= 15 is 0 Å². The Morgan fingerprint density at radius 3 is 2.38 bits per heavy atom. The van der Waals surface area contributed by atoms with Crippen molar-refractivity contribution >= 4 is 49.9 Å². The normalized spacial score (nSPS) is 11.4. The molecule has 0 aromatic heterocycles. The average Bonchev–Trinajstić information content (AvgIpc) is 2.21. The zero-order valence-corrected chi connectivity index (χ0v) is 12.3. The molecular weight excluding hydrogens is 361 g/mol. The fourth-order valence-corrected chi connectivity index (χ4v) is 2.87. The van der Waals surface area contributed by atoms with Crippen LogP contribution in [0.25, 0.3) is 0 Å². The summed E-state index contributed by atoms with van der Waals surface area (Å²) in [4.78, 5) is 0. The molecule has 1 aromatic carbocycles. The van der Waals surface area contributed by atoms with Crippen molar-refractivity contribution in [2.45, 2.75) is 12.8 Å². The van der Waals surface area contributed by atoms with Gasteiger partial charge >= 0.3 is 0 Å². The van der Waals surface area contributed by atoms with Crippen molar-refractivity contribution in [3.63, 3.8) is 0 Å². The van der Waals surface area contributed by atoms with E-state index in [1.165, 1.54) is 0 Å². The van der Waals surface area contributed by atoms with Crippen molar-refractivity contribution in [3.8, 4) is 0 Å². The second-order valence-corrected chi connectivity index (χ2v) is 6.79. The van der Waals surface area contributed by atoms with Crippen molar-refractivity contribution < 1.29 is 8.42 Å². The average molecular weight is 374 g/mol. The van der Waals surface area contributed by atoms with Gasteiger partial charge in [0.1, 0.15) is 0 Å². The number of halogens is 2. The molecule has 3 nitrogen and oxygen atoms in total. The summed E-state index contributed by atoms with van der Waals surface area (Å²) in [5.74, 6) is 0.616. The first-order valence-corrected chi connectivity index (χ1v) is 8.12. The van der Waals surface area contributed by atoms with E-state index in [1.54, 1.807) is 12.1 Å². The Labute approximate surface area is 115 Å². The second kappa shape index (κ2) is 6.66. The molecule has 1 aromatic rings. The maximum absolute atomic E-state index is 11.6. The van der Waals surface area contributed by atoms with Gasteiger partial charge in [0.05, 0.1) is 5.75 Å². The smallest absolute Gasteiger partial charge is 0.232 e. The zero-order valence-electron chi connectivity index (χ0n) is 8.62. The molecule has 0 radical (unpaired) electrons. The van der Waals surface area contributed by atoms with Crippen LogP contribution in [0.15, 0.2) is 24.3 Å². The van der Waals surface area contributed by atoms with Crippen LogP contribution in [0.5, 0.6) is 0 Å². The third-order valence-electron chi connectivity index (χ3n) is 1.91. The highest BCUT2D eigenvalue weighted by molar-refractivity contribution is 14.1. The van der Waals surface area contributed by atoms with Crippen molar-refractivity contribution in [1.82, 2.24) is 0 Å². The highest BCUT2D eigenvalue weighted by Gasteiger charge is 2.09. The molecule has 0 saturated carbocycles. The van der Waals surface area contributed by atoms with Gasteiger partial charge in [-0.05, 0) is 59.7 Å². The van der Waals surface area contributed by atoms with E-state index in [0.29, 0.717) is 18.0 Å².